The number of hydrogen-bond acceptors (Lipinski definition) is 1. The van der Waals surface area contributed by atoms with E-state index in [4.69, 9.17) is 34.8 Å². The van der Waals surface area contributed by atoms with Gasteiger partial charge in [0, 0.05) is 16.6 Å². The van der Waals surface area contributed by atoms with Crippen LogP contribution in [-0.2, 0) is 0 Å². The number of fused-ring (bicyclic) bond motifs is 1. The summed E-state index contributed by atoms with van der Waals surface area (Å²) >= 11 is 17.7. The quantitative estimate of drug-likeness (QED) is 0.621. The van der Waals surface area contributed by atoms with Crippen LogP contribution in [0.2, 0.25) is 15.2 Å². The molecule has 0 aliphatic rings. The van der Waals surface area contributed by atoms with E-state index in [1.54, 1.807) is 18.3 Å². The third kappa shape index (κ3) is 1.60. The van der Waals surface area contributed by atoms with Crippen LogP contribution in [0.15, 0.2) is 24.4 Å². The van der Waals surface area contributed by atoms with E-state index in [0.717, 1.165) is 10.8 Å². The highest BCUT2D eigenvalue weighted by molar-refractivity contribution is 6.43. The molecule has 13 heavy (non-hydrogen) atoms. The highest BCUT2D eigenvalue weighted by Crippen LogP contribution is 2.31. The number of aromatic nitrogens is 1. The first kappa shape index (κ1) is 9.07. The van der Waals surface area contributed by atoms with Gasteiger partial charge in [0.05, 0.1) is 5.02 Å². The van der Waals surface area contributed by atoms with Gasteiger partial charge < -0.3 is 0 Å². The van der Waals surface area contributed by atoms with Crippen LogP contribution in [-0.4, -0.2) is 4.98 Å². The Morgan fingerprint density at radius 1 is 1.08 bits per heavy atom. The van der Waals surface area contributed by atoms with Crippen molar-refractivity contribution in [2.24, 2.45) is 0 Å². The third-order valence-electron chi connectivity index (χ3n) is 1.73. The van der Waals surface area contributed by atoms with E-state index in [9.17, 15) is 0 Å². The van der Waals surface area contributed by atoms with E-state index in [1.807, 2.05) is 6.07 Å². The molecule has 1 aromatic carbocycles. The van der Waals surface area contributed by atoms with Gasteiger partial charge in [-0.25, -0.2) is 4.98 Å². The zero-order chi connectivity index (χ0) is 9.42. The van der Waals surface area contributed by atoms with Crippen LogP contribution < -0.4 is 0 Å². The summed E-state index contributed by atoms with van der Waals surface area (Å²) in [5.74, 6) is 0. The molecule has 1 nitrogen and oxygen atoms in total. The second-order valence-corrected chi connectivity index (χ2v) is 3.79. The van der Waals surface area contributed by atoms with Crippen LogP contribution in [0.25, 0.3) is 10.8 Å². The standard InChI is InChI=1S/C9H4Cl3N/c10-6-3-5-1-2-13-9(12)8(5)7(11)4-6/h1-4H. The maximum Gasteiger partial charge on any atom is 0.138 e. The van der Waals surface area contributed by atoms with Gasteiger partial charge in [0.1, 0.15) is 5.15 Å². The summed E-state index contributed by atoms with van der Waals surface area (Å²) in [7, 11) is 0. The fraction of sp³-hybridized carbons (Fsp3) is 0. The zero-order valence-electron chi connectivity index (χ0n) is 6.39. The first-order valence-corrected chi connectivity index (χ1v) is 4.71. The van der Waals surface area contributed by atoms with Crippen molar-refractivity contribution in [1.82, 2.24) is 4.98 Å². The second-order valence-electron chi connectivity index (χ2n) is 2.59. The van der Waals surface area contributed by atoms with E-state index in [2.05, 4.69) is 4.98 Å². The molecule has 1 aromatic heterocycles. The number of hydrogen-bond donors (Lipinski definition) is 0. The predicted octanol–water partition coefficient (Wildman–Crippen LogP) is 4.20. The van der Waals surface area contributed by atoms with Gasteiger partial charge in [-0.2, -0.15) is 0 Å². The van der Waals surface area contributed by atoms with Gasteiger partial charge in [0.25, 0.3) is 0 Å². The monoisotopic (exact) mass is 231 g/mol. The fourth-order valence-corrected chi connectivity index (χ4v) is 2.10. The number of halogens is 3. The molecule has 2 aromatic rings. The van der Waals surface area contributed by atoms with E-state index in [1.165, 1.54) is 0 Å². The lowest BCUT2D eigenvalue weighted by molar-refractivity contribution is 1.36. The molecule has 0 aliphatic carbocycles. The van der Waals surface area contributed by atoms with E-state index in [0.29, 0.717) is 15.2 Å². The van der Waals surface area contributed by atoms with E-state index >= 15 is 0 Å². The van der Waals surface area contributed by atoms with E-state index < -0.39 is 0 Å². The Morgan fingerprint density at radius 3 is 2.62 bits per heavy atom. The van der Waals surface area contributed by atoms with Gasteiger partial charge in [0.2, 0.25) is 0 Å². The van der Waals surface area contributed by atoms with Crippen molar-refractivity contribution >= 4 is 45.6 Å². The number of benzene rings is 1. The maximum absolute atomic E-state index is 5.96. The Hall–Kier alpha value is -0.500. The first-order chi connectivity index (χ1) is 6.18. The van der Waals surface area contributed by atoms with Crippen molar-refractivity contribution in [3.63, 3.8) is 0 Å². The molecule has 1 heterocycles. The van der Waals surface area contributed by atoms with Crippen LogP contribution in [0.1, 0.15) is 0 Å². The van der Waals surface area contributed by atoms with Crippen molar-refractivity contribution < 1.29 is 0 Å². The summed E-state index contributed by atoms with van der Waals surface area (Å²) in [4.78, 5) is 3.94. The summed E-state index contributed by atoms with van der Waals surface area (Å²) in [5, 5.41) is 3.17. The van der Waals surface area contributed by atoms with Crippen molar-refractivity contribution in [1.29, 1.82) is 0 Å². The average molecular weight is 232 g/mol. The van der Waals surface area contributed by atoms with Crippen molar-refractivity contribution in [3.05, 3.63) is 39.6 Å². The van der Waals surface area contributed by atoms with Crippen molar-refractivity contribution in [3.8, 4) is 0 Å². The van der Waals surface area contributed by atoms with Crippen LogP contribution in [0, 0.1) is 0 Å². The lowest BCUT2D eigenvalue weighted by atomic mass is 10.2. The summed E-state index contributed by atoms with van der Waals surface area (Å²) in [6, 6.07) is 5.27. The molecule has 0 aliphatic heterocycles. The molecule has 0 atom stereocenters. The summed E-state index contributed by atoms with van der Waals surface area (Å²) < 4.78 is 0. The molecular weight excluding hydrogens is 228 g/mol. The molecule has 0 fully saturated rings. The smallest absolute Gasteiger partial charge is 0.138 e. The molecule has 0 unspecified atom stereocenters. The highest BCUT2D eigenvalue weighted by atomic mass is 35.5. The average Bonchev–Trinajstić information content (AvgIpc) is 2.02. The normalized spacial score (nSPS) is 10.7. The molecule has 2 rings (SSSR count). The molecule has 0 saturated heterocycles. The number of pyridine rings is 1. The molecular formula is C9H4Cl3N. The van der Waals surface area contributed by atoms with Crippen LogP contribution >= 0.6 is 34.8 Å². The van der Waals surface area contributed by atoms with Crippen LogP contribution in [0.3, 0.4) is 0 Å². The molecule has 0 radical (unpaired) electrons. The summed E-state index contributed by atoms with van der Waals surface area (Å²) in [5.41, 5.74) is 0. The van der Waals surface area contributed by atoms with Gasteiger partial charge in [-0.15, -0.1) is 0 Å². The topological polar surface area (TPSA) is 12.9 Å². The largest absolute Gasteiger partial charge is 0.244 e. The summed E-state index contributed by atoms with van der Waals surface area (Å²) in [6.45, 7) is 0. The van der Waals surface area contributed by atoms with Crippen LogP contribution in [0.4, 0.5) is 0 Å². The molecule has 0 bridgehead atoms. The summed E-state index contributed by atoms with van der Waals surface area (Å²) in [6.07, 6.45) is 1.62. The van der Waals surface area contributed by atoms with E-state index in [-0.39, 0.29) is 0 Å². The predicted molar refractivity (Wildman–Crippen MR) is 56.8 cm³/mol. The van der Waals surface area contributed by atoms with Gasteiger partial charge in [0.15, 0.2) is 0 Å². The lowest BCUT2D eigenvalue weighted by Gasteiger charge is -2.02. The van der Waals surface area contributed by atoms with Crippen molar-refractivity contribution in [2.75, 3.05) is 0 Å². The Balaban J connectivity index is 2.94. The lowest BCUT2D eigenvalue weighted by Crippen LogP contribution is -1.80. The highest BCUT2D eigenvalue weighted by Gasteiger charge is 2.05. The zero-order valence-corrected chi connectivity index (χ0v) is 8.66. The van der Waals surface area contributed by atoms with Crippen LogP contribution in [0.5, 0.6) is 0 Å². The first-order valence-electron chi connectivity index (χ1n) is 3.58. The van der Waals surface area contributed by atoms with Crippen molar-refractivity contribution in [2.45, 2.75) is 0 Å². The minimum absolute atomic E-state index is 0.402. The SMILES string of the molecule is Clc1cc(Cl)c2c(Cl)nccc2c1. The maximum atomic E-state index is 5.96. The molecule has 0 spiro atoms. The molecule has 0 saturated carbocycles. The molecule has 0 amide bonds. The Kier molecular flexibility index (Phi) is 2.33. The fourth-order valence-electron chi connectivity index (χ4n) is 1.19. The van der Waals surface area contributed by atoms with Gasteiger partial charge in [-0.05, 0) is 23.6 Å². The van der Waals surface area contributed by atoms with Gasteiger partial charge in [-0.1, -0.05) is 34.8 Å². The molecule has 0 N–H and O–H groups in total. The molecule has 4 heteroatoms. The number of nitrogens with zero attached hydrogens (tertiary/aromatic N) is 1. The molecule has 66 valence electrons. The minimum atomic E-state index is 0.402. The second kappa shape index (κ2) is 3.33. The Labute approximate surface area is 90.2 Å². The Morgan fingerprint density at radius 2 is 1.85 bits per heavy atom. The third-order valence-corrected chi connectivity index (χ3v) is 2.54. The number of rotatable bonds is 0. The van der Waals surface area contributed by atoms with Gasteiger partial charge in [-0.3, -0.25) is 0 Å². The van der Waals surface area contributed by atoms with Gasteiger partial charge >= 0.3 is 0 Å². The Bertz CT molecular complexity index is 468. The minimum Gasteiger partial charge on any atom is -0.244 e.